The summed E-state index contributed by atoms with van der Waals surface area (Å²) in [6, 6.07) is 20.9. The summed E-state index contributed by atoms with van der Waals surface area (Å²) in [5, 5.41) is 14.1. The van der Waals surface area contributed by atoms with E-state index in [1.54, 1.807) is 18.2 Å². The van der Waals surface area contributed by atoms with Crippen LogP contribution in [0.4, 0.5) is 0 Å². The van der Waals surface area contributed by atoms with Crippen LogP contribution in [0.5, 0.6) is 5.75 Å². The highest BCUT2D eigenvalue weighted by Gasteiger charge is 2.28. The Hall–Kier alpha value is -2.96. The Kier molecular flexibility index (Phi) is 6.20. The number of carbonyl (C=O) groups is 1. The number of phenolic OH excluding ortho intramolecular Hbond substituents is 1. The average molecular weight is 479 g/mol. The Morgan fingerprint density at radius 2 is 1.81 bits per heavy atom. The number of halogens is 1. The first-order valence-corrected chi connectivity index (χ1v) is 10.8. The summed E-state index contributed by atoms with van der Waals surface area (Å²) in [5.41, 5.74) is 5.44. The number of methoxy groups -OCH3 is 1. The monoisotopic (exact) mass is 478 g/mol. The van der Waals surface area contributed by atoms with Gasteiger partial charge < -0.3 is 9.84 Å². The molecule has 1 aliphatic rings. The molecule has 6 heteroatoms. The summed E-state index contributed by atoms with van der Waals surface area (Å²) in [6.07, 6.45) is 0.323. The van der Waals surface area contributed by atoms with Crippen LogP contribution in [-0.2, 0) is 4.74 Å². The molecule has 0 aromatic heterocycles. The Balaban J connectivity index is 1.73. The van der Waals surface area contributed by atoms with Crippen LogP contribution < -0.4 is 5.32 Å². The van der Waals surface area contributed by atoms with Crippen molar-refractivity contribution in [3.8, 4) is 5.75 Å². The molecule has 4 rings (SSSR count). The van der Waals surface area contributed by atoms with Crippen LogP contribution in [0, 0.1) is 6.92 Å². The van der Waals surface area contributed by atoms with Crippen molar-refractivity contribution in [1.29, 1.82) is 0 Å². The fraction of sp³-hybridized carbons (Fsp3) is 0.200. The molecule has 0 amide bonds. The van der Waals surface area contributed by atoms with Crippen molar-refractivity contribution in [2.24, 2.45) is 4.99 Å². The Labute approximate surface area is 189 Å². The molecule has 0 radical (unpaired) electrons. The number of carbonyl (C=O) groups excluding carboxylic acids is 1. The fourth-order valence-corrected chi connectivity index (χ4v) is 4.10. The van der Waals surface area contributed by atoms with E-state index >= 15 is 0 Å². The third kappa shape index (κ3) is 4.70. The Morgan fingerprint density at radius 3 is 2.48 bits per heavy atom. The molecule has 3 aromatic rings. The molecular formula is C25H23BrN2O3. The molecule has 1 aliphatic heterocycles. The molecule has 2 atom stereocenters. The number of ether oxygens (including phenoxy) is 1. The zero-order valence-electron chi connectivity index (χ0n) is 17.3. The molecule has 5 nitrogen and oxygen atoms in total. The molecule has 0 saturated carbocycles. The van der Waals surface area contributed by atoms with Crippen LogP contribution >= 0.6 is 15.9 Å². The topological polar surface area (TPSA) is 70.9 Å². The summed E-state index contributed by atoms with van der Waals surface area (Å²) in [6.45, 7) is 2.06. The molecule has 1 heterocycles. The van der Waals surface area contributed by atoms with Crippen molar-refractivity contribution in [3.05, 3.63) is 99.0 Å². The predicted octanol–water partition coefficient (Wildman–Crippen LogP) is 5.47. The second-order valence-electron chi connectivity index (χ2n) is 7.58. The quantitative estimate of drug-likeness (QED) is 0.487. The lowest BCUT2D eigenvalue weighted by molar-refractivity contribution is 0.0600. The van der Waals surface area contributed by atoms with E-state index in [0.29, 0.717) is 12.0 Å². The third-order valence-electron chi connectivity index (χ3n) is 5.44. The second-order valence-corrected chi connectivity index (χ2v) is 8.50. The van der Waals surface area contributed by atoms with Crippen LogP contribution in [0.3, 0.4) is 0 Å². The van der Waals surface area contributed by atoms with Crippen molar-refractivity contribution in [2.45, 2.75) is 25.6 Å². The molecule has 3 aromatic carbocycles. The molecule has 0 spiro atoms. The molecule has 158 valence electrons. The lowest BCUT2D eigenvalue weighted by Gasteiger charge is -2.31. The van der Waals surface area contributed by atoms with Crippen molar-refractivity contribution in [3.63, 3.8) is 0 Å². The van der Waals surface area contributed by atoms with Crippen molar-refractivity contribution in [2.75, 3.05) is 7.11 Å². The van der Waals surface area contributed by atoms with Gasteiger partial charge in [0.25, 0.3) is 0 Å². The van der Waals surface area contributed by atoms with Gasteiger partial charge in [0.05, 0.1) is 12.7 Å². The van der Waals surface area contributed by atoms with Crippen molar-refractivity contribution >= 4 is 27.6 Å². The summed E-state index contributed by atoms with van der Waals surface area (Å²) < 4.78 is 5.69. The van der Waals surface area contributed by atoms with E-state index < -0.39 is 0 Å². The number of hydrogen-bond acceptors (Lipinski definition) is 5. The van der Waals surface area contributed by atoms with Crippen molar-refractivity contribution < 1.29 is 14.6 Å². The van der Waals surface area contributed by atoms with Crippen LogP contribution in [0.2, 0.25) is 0 Å². The third-order valence-corrected chi connectivity index (χ3v) is 5.93. The molecule has 0 aliphatic carbocycles. The van der Waals surface area contributed by atoms with E-state index in [1.807, 2.05) is 24.3 Å². The normalized spacial score (nSPS) is 18.4. The van der Waals surface area contributed by atoms with Gasteiger partial charge in [-0.3, -0.25) is 10.3 Å². The van der Waals surface area contributed by atoms with Gasteiger partial charge in [-0.05, 0) is 48.4 Å². The lowest BCUT2D eigenvalue weighted by atomic mass is 9.93. The zero-order valence-corrected chi connectivity index (χ0v) is 18.9. The van der Waals surface area contributed by atoms with E-state index in [2.05, 4.69) is 52.4 Å². The number of aliphatic imine (C=N–C) groups is 1. The number of aromatic hydroxyl groups is 1. The number of hydrogen-bond donors (Lipinski definition) is 2. The first kappa shape index (κ1) is 21.3. The standard InChI is InChI=1S/C25H23BrN2O3/c1-15-3-5-16(6-4-15)21-14-22(20-13-19(26)11-12-23(20)29)28-24(27-21)17-7-9-18(10-8-17)25(30)31-2/h3-13,22,24,28-29H,14H2,1-2H3/t22-,24-/m0/s1. The number of phenols is 1. The number of rotatable bonds is 4. The Bertz CT molecular complexity index is 1120. The summed E-state index contributed by atoms with van der Waals surface area (Å²) in [4.78, 5) is 16.7. The SMILES string of the molecule is COC(=O)c1ccc([C@H]2N=C(c3ccc(C)cc3)C[C@@H](c3cc(Br)ccc3O)N2)cc1. The maximum absolute atomic E-state index is 11.8. The first-order chi connectivity index (χ1) is 14.9. The molecule has 0 unspecified atom stereocenters. The van der Waals surface area contributed by atoms with Gasteiger partial charge >= 0.3 is 5.97 Å². The minimum absolute atomic E-state index is 0.128. The van der Waals surface area contributed by atoms with E-state index in [-0.39, 0.29) is 23.9 Å². The molecule has 0 bridgehead atoms. The van der Waals surface area contributed by atoms with Crippen LogP contribution in [0.15, 0.2) is 76.2 Å². The van der Waals surface area contributed by atoms with Crippen molar-refractivity contribution in [1.82, 2.24) is 5.32 Å². The van der Waals surface area contributed by atoms with Gasteiger partial charge in [-0.1, -0.05) is 57.9 Å². The van der Waals surface area contributed by atoms with Crippen LogP contribution in [0.1, 0.15) is 51.2 Å². The average Bonchev–Trinajstić information content (AvgIpc) is 2.80. The molecule has 0 saturated heterocycles. The number of benzene rings is 3. The van der Waals surface area contributed by atoms with E-state index in [9.17, 15) is 9.90 Å². The van der Waals surface area contributed by atoms with E-state index in [4.69, 9.17) is 9.73 Å². The minimum Gasteiger partial charge on any atom is -0.508 e. The van der Waals surface area contributed by atoms with Gasteiger partial charge in [0.2, 0.25) is 0 Å². The molecular weight excluding hydrogens is 456 g/mol. The highest BCUT2D eigenvalue weighted by atomic mass is 79.9. The lowest BCUT2D eigenvalue weighted by Crippen LogP contribution is -2.33. The second kappa shape index (κ2) is 9.04. The first-order valence-electron chi connectivity index (χ1n) is 10.0. The highest BCUT2D eigenvalue weighted by Crippen LogP contribution is 2.35. The maximum Gasteiger partial charge on any atom is 0.337 e. The fourth-order valence-electron chi connectivity index (χ4n) is 3.72. The summed E-state index contributed by atoms with van der Waals surface area (Å²) in [5.74, 6) is -0.130. The summed E-state index contributed by atoms with van der Waals surface area (Å²) in [7, 11) is 1.37. The molecule has 0 fully saturated rings. The highest BCUT2D eigenvalue weighted by molar-refractivity contribution is 9.10. The largest absolute Gasteiger partial charge is 0.508 e. The van der Waals surface area contributed by atoms with Crippen LogP contribution in [-0.4, -0.2) is 23.9 Å². The van der Waals surface area contributed by atoms with Gasteiger partial charge in [0.15, 0.2) is 0 Å². The molecule has 2 N–H and O–H groups in total. The van der Waals surface area contributed by atoms with Gasteiger partial charge in [0.1, 0.15) is 11.9 Å². The smallest absolute Gasteiger partial charge is 0.337 e. The number of nitrogens with zero attached hydrogens (tertiary/aromatic N) is 1. The van der Waals surface area contributed by atoms with Gasteiger partial charge in [-0.25, -0.2) is 4.79 Å². The Morgan fingerprint density at radius 1 is 1.10 bits per heavy atom. The van der Waals surface area contributed by atoms with Gasteiger partial charge in [-0.15, -0.1) is 0 Å². The van der Waals surface area contributed by atoms with Crippen LogP contribution in [0.25, 0.3) is 0 Å². The summed E-state index contributed by atoms with van der Waals surface area (Å²) >= 11 is 3.51. The maximum atomic E-state index is 11.8. The zero-order chi connectivity index (χ0) is 22.0. The van der Waals surface area contributed by atoms with Gasteiger partial charge in [-0.2, -0.15) is 0 Å². The predicted molar refractivity (Wildman–Crippen MR) is 125 cm³/mol. The number of aryl methyl sites for hydroxylation is 1. The minimum atomic E-state index is -0.371. The number of esters is 1. The number of nitrogens with one attached hydrogen (secondary N) is 1. The van der Waals surface area contributed by atoms with E-state index in [0.717, 1.165) is 26.9 Å². The molecule has 31 heavy (non-hydrogen) atoms. The van der Waals surface area contributed by atoms with Gasteiger partial charge in [0, 0.05) is 28.2 Å². The van der Waals surface area contributed by atoms with E-state index in [1.165, 1.54) is 12.7 Å².